The largest absolute Gasteiger partial charge is 0.453 e. The molecule has 1 aromatic carbocycles. The lowest BCUT2D eigenvalue weighted by atomic mass is 10.1. The summed E-state index contributed by atoms with van der Waals surface area (Å²) in [6.45, 7) is 2.07. The van der Waals surface area contributed by atoms with Crippen molar-refractivity contribution in [2.24, 2.45) is 0 Å². The molecule has 1 aromatic rings. The van der Waals surface area contributed by atoms with Crippen LogP contribution in [0.3, 0.4) is 0 Å². The quantitative estimate of drug-likeness (QED) is 0.698. The number of nitriles is 1. The molecule has 0 radical (unpaired) electrons. The molecule has 0 spiro atoms. The van der Waals surface area contributed by atoms with Crippen LogP contribution in [-0.2, 0) is 0 Å². The van der Waals surface area contributed by atoms with Gasteiger partial charge in [-0.3, -0.25) is 0 Å². The Kier molecular flexibility index (Phi) is 1.89. The monoisotopic (exact) mass is 239 g/mol. The maximum absolute atomic E-state index is 8.81. The Balaban J connectivity index is 2.71. The zero-order valence-corrected chi connectivity index (χ0v) is 8.51. The van der Waals surface area contributed by atoms with E-state index in [0.717, 1.165) is 10.0 Å². The summed E-state index contributed by atoms with van der Waals surface area (Å²) in [5.41, 5.74) is 1.44. The van der Waals surface area contributed by atoms with Gasteiger partial charge in [-0.2, -0.15) is 5.26 Å². The van der Waals surface area contributed by atoms with Crippen LogP contribution in [0.2, 0.25) is 0 Å². The van der Waals surface area contributed by atoms with Gasteiger partial charge >= 0.3 is 0 Å². The van der Waals surface area contributed by atoms with Crippen molar-refractivity contribution in [3.63, 3.8) is 0 Å². The van der Waals surface area contributed by atoms with Gasteiger partial charge in [0.25, 0.3) is 0 Å². The van der Waals surface area contributed by atoms with Crippen molar-refractivity contribution >= 4 is 15.9 Å². The third-order valence-electron chi connectivity index (χ3n) is 1.97. The SMILES string of the molecule is Cc1c(C#N)cc(Br)c2c1OCO2. The molecule has 0 saturated carbocycles. The van der Waals surface area contributed by atoms with Crippen molar-refractivity contribution < 1.29 is 9.47 Å². The van der Waals surface area contributed by atoms with E-state index in [0.29, 0.717) is 17.1 Å². The maximum Gasteiger partial charge on any atom is 0.231 e. The molecule has 1 heterocycles. The minimum atomic E-state index is 0.226. The number of hydrogen-bond donors (Lipinski definition) is 0. The highest BCUT2D eigenvalue weighted by atomic mass is 79.9. The summed E-state index contributed by atoms with van der Waals surface area (Å²) in [5.74, 6) is 1.36. The van der Waals surface area contributed by atoms with Gasteiger partial charge < -0.3 is 9.47 Å². The Bertz CT molecular complexity index is 409. The standard InChI is InChI=1S/C9H6BrNO2/c1-5-6(3-11)2-7(10)9-8(5)12-4-13-9/h2H,4H2,1H3. The molecular weight excluding hydrogens is 234 g/mol. The fourth-order valence-electron chi connectivity index (χ4n) is 1.27. The Morgan fingerprint density at radius 1 is 1.46 bits per heavy atom. The molecule has 3 nitrogen and oxygen atoms in total. The van der Waals surface area contributed by atoms with E-state index >= 15 is 0 Å². The van der Waals surface area contributed by atoms with Gasteiger partial charge in [0.05, 0.1) is 16.1 Å². The van der Waals surface area contributed by atoms with Crippen molar-refractivity contribution in [3.8, 4) is 17.6 Å². The van der Waals surface area contributed by atoms with Gasteiger partial charge in [-0.15, -0.1) is 0 Å². The molecule has 1 aliphatic heterocycles. The van der Waals surface area contributed by atoms with E-state index in [4.69, 9.17) is 14.7 Å². The van der Waals surface area contributed by atoms with E-state index in [1.54, 1.807) is 6.07 Å². The zero-order valence-electron chi connectivity index (χ0n) is 6.93. The Morgan fingerprint density at radius 2 is 2.15 bits per heavy atom. The number of nitrogens with zero attached hydrogens (tertiary/aromatic N) is 1. The minimum absolute atomic E-state index is 0.226. The lowest BCUT2D eigenvalue weighted by Crippen LogP contribution is -1.93. The molecule has 66 valence electrons. The van der Waals surface area contributed by atoms with Crippen molar-refractivity contribution in [1.29, 1.82) is 5.26 Å². The molecule has 4 heteroatoms. The lowest BCUT2D eigenvalue weighted by Gasteiger charge is -2.03. The predicted octanol–water partition coefficient (Wildman–Crippen LogP) is 2.36. The normalized spacial score (nSPS) is 12.7. The Morgan fingerprint density at radius 3 is 2.85 bits per heavy atom. The Hall–Kier alpha value is -1.21. The summed E-state index contributed by atoms with van der Waals surface area (Å²) in [7, 11) is 0. The van der Waals surface area contributed by atoms with Crippen molar-refractivity contribution in [1.82, 2.24) is 0 Å². The average Bonchev–Trinajstić information content (AvgIpc) is 2.60. The first-order valence-electron chi connectivity index (χ1n) is 3.73. The fourth-order valence-corrected chi connectivity index (χ4v) is 1.80. The van der Waals surface area contributed by atoms with Gasteiger partial charge in [-0.25, -0.2) is 0 Å². The fraction of sp³-hybridized carbons (Fsp3) is 0.222. The highest BCUT2D eigenvalue weighted by Crippen LogP contribution is 2.42. The highest BCUT2D eigenvalue weighted by Gasteiger charge is 2.21. The summed E-state index contributed by atoms with van der Waals surface area (Å²) in [6, 6.07) is 3.84. The number of fused-ring (bicyclic) bond motifs is 1. The van der Waals surface area contributed by atoms with Crippen LogP contribution < -0.4 is 9.47 Å². The first-order valence-corrected chi connectivity index (χ1v) is 4.52. The summed E-state index contributed by atoms with van der Waals surface area (Å²) < 4.78 is 11.2. The van der Waals surface area contributed by atoms with Crippen molar-refractivity contribution in [2.45, 2.75) is 6.92 Å². The zero-order chi connectivity index (χ0) is 9.42. The molecule has 0 unspecified atom stereocenters. The van der Waals surface area contributed by atoms with Crippen LogP contribution in [-0.4, -0.2) is 6.79 Å². The molecule has 0 aromatic heterocycles. The number of ether oxygens (including phenoxy) is 2. The van der Waals surface area contributed by atoms with Crippen LogP contribution in [0.15, 0.2) is 10.5 Å². The van der Waals surface area contributed by atoms with Gasteiger partial charge in [0.2, 0.25) is 6.79 Å². The van der Waals surface area contributed by atoms with Gasteiger partial charge in [0.15, 0.2) is 11.5 Å². The third kappa shape index (κ3) is 1.16. The number of halogens is 1. The summed E-state index contributed by atoms with van der Waals surface area (Å²) >= 11 is 3.32. The van der Waals surface area contributed by atoms with E-state index in [1.807, 2.05) is 6.92 Å². The van der Waals surface area contributed by atoms with E-state index in [9.17, 15) is 0 Å². The molecule has 0 atom stereocenters. The van der Waals surface area contributed by atoms with E-state index in [-0.39, 0.29) is 6.79 Å². The summed E-state index contributed by atoms with van der Waals surface area (Å²) in [4.78, 5) is 0. The van der Waals surface area contributed by atoms with Crippen LogP contribution in [0.1, 0.15) is 11.1 Å². The molecule has 0 saturated heterocycles. The van der Waals surface area contributed by atoms with E-state index in [2.05, 4.69) is 22.0 Å². The molecule has 2 rings (SSSR count). The molecule has 1 aliphatic rings. The van der Waals surface area contributed by atoms with Gasteiger partial charge in [-0.1, -0.05) is 0 Å². The molecule has 13 heavy (non-hydrogen) atoms. The van der Waals surface area contributed by atoms with Crippen molar-refractivity contribution in [2.75, 3.05) is 6.79 Å². The van der Waals surface area contributed by atoms with Crippen LogP contribution in [0, 0.1) is 18.3 Å². The maximum atomic E-state index is 8.81. The van der Waals surface area contributed by atoms with Gasteiger partial charge in [0.1, 0.15) is 0 Å². The smallest absolute Gasteiger partial charge is 0.231 e. The topological polar surface area (TPSA) is 42.2 Å². The number of hydrogen-bond acceptors (Lipinski definition) is 3. The molecule has 0 N–H and O–H groups in total. The third-order valence-corrected chi connectivity index (χ3v) is 2.55. The second kappa shape index (κ2) is 2.93. The van der Waals surface area contributed by atoms with Crippen molar-refractivity contribution in [3.05, 3.63) is 21.7 Å². The van der Waals surface area contributed by atoms with Crippen LogP contribution in [0.5, 0.6) is 11.5 Å². The number of benzene rings is 1. The lowest BCUT2D eigenvalue weighted by molar-refractivity contribution is 0.173. The summed E-state index contributed by atoms with van der Waals surface area (Å²) in [6.07, 6.45) is 0. The second-order valence-electron chi connectivity index (χ2n) is 2.71. The first kappa shape index (κ1) is 8.39. The molecule has 0 bridgehead atoms. The van der Waals surface area contributed by atoms with Crippen LogP contribution in [0.4, 0.5) is 0 Å². The predicted molar refractivity (Wildman–Crippen MR) is 49.7 cm³/mol. The minimum Gasteiger partial charge on any atom is -0.453 e. The van der Waals surface area contributed by atoms with Gasteiger partial charge in [-0.05, 0) is 28.9 Å². The molecule has 0 aliphatic carbocycles. The van der Waals surface area contributed by atoms with Gasteiger partial charge in [0, 0.05) is 5.56 Å². The highest BCUT2D eigenvalue weighted by molar-refractivity contribution is 9.10. The first-order chi connectivity index (χ1) is 6.24. The van der Waals surface area contributed by atoms with E-state index < -0.39 is 0 Å². The number of rotatable bonds is 0. The molecular formula is C9H6BrNO2. The molecule has 0 amide bonds. The van der Waals surface area contributed by atoms with Crippen LogP contribution >= 0.6 is 15.9 Å². The summed E-state index contributed by atoms with van der Waals surface area (Å²) in [5, 5.41) is 8.81. The molecule has 0 fully saturated rings. The Labute approximate surface area is 84.0 Å². The second-order valence-corrected chi connectivity index (χ2v) is 3.56. The van der Waals surface area contributed by atoms with Crippen LogP contribution in [0.25, 0.3) is 0 Å². The average molecular weight is 240 g/mol. The van der Waals surface area contributed by atoms with E-state index in [1.165, 1.54) is 0 Å².